The standard InChI is InChI=1S/C15H23FN2O4S/c1-21-13-7-11(16)15(8-14(13)22-2)23(19,20)18-12-6-4-3-5-10(12)9-17/h7-8,10,12,18H,3-6,9,17H2,1-2H3/t10-,12-/m0/s1. The van der Waals surface area contributed by atoms with Crippen LogP contribution in [0.3, 0.4) is 0 Å². The molecule has 130 valence electrons. The third kappa shape index (κ3) is 3.94. The maximum atomic E-state index is 14.2. The van der Waals surface area contributed by atoms with Crippen molar-refractivity contribution in [1.82, 2.24) is 4.72 Å². The number of nitrogens with two attached hydrogens (primary N) is 1. The molecule has 2 atom stereocenters. The summed E-state index contributed by atoms with van der Waals surface area (Å²) in [6.07, 6.45) is 3.54. The van der Waals surface area contributed by atoms with Crippen molar-refractivity contribution in [1.29, 1.82) is 0 Å². The summed E-state index contributed by atoms with van der Waals surface area (Å²) in [6, 6.07) is 1.87. The lowest BCUT2D eigenvalue weighted by Gasteiger charge is -2.31. The first-order valence-electron chi connectivity index (χ1n) is 7.57. The first-order chi connectivity index (χ1) is 10.9. The van der Waals surface area contributed by atoms with Crippen LogP contribution in [0.1, 0.15) is 25.7 Å². The van der Waals surface area contributed by atoms with Crippen molar-refractivity contribution in [2.75, 3.05) is 20.8 Å². The second-order valence-electron chi connectivity index (χ2n) is 5.65. The molecule has 6 nitrogen and oxygen atoms in total. The lowest BCUT2D eigenvalue weighted by molar-refractivity contribution is 0.295. The number of nitrogens with one attached hydrogen (secondary N) is 1. The van der Waals surface area contributed by atoms with Gasteiger partial charge < -0.3 is 15.2 Å². The SMILES string of the molecule is COc1cc(F)c(S(=O)(=O)N[C@H]2CCCC[C@H]2CN)cc1OC. The molecule has 0 aromatic heterocycles. The van der Waals surface area contributed by atoms with E-state index in [-0.39, 0.29) is 23.5 Å². The van der Waals surface area contributed by atoms with Gasteiger partial charge in [0.2, 0.25) is 10.0 Å². The Morgan fingerprint density at radius 3 is 2.43 bits per heavy atom. The minimum Gasteiger partial charge on any atom is -0.493 e. The van der Waals surface area contributed by atoms with Crippen molar-refractivity contribution in [3.8, 4) is 11.5 Å². The average molecular weight is 346 g/mol. The smallest absolute Gasteiger partial charge is 0.243 e. The molecule has 1 aromatic carbocycles. The van der Waals surface area contributed by atoms with E-state index >= 15 is 0 Å². The summed E-state index contributed by atoms with van der Waals surface area (Å²) in [4.78, 5) is -0.448. The molecule has 0 radical (unpaired) electrons. The maximum Gasteiger partial charge on any atom is 0.243 e. The van der Waals surface area contributed by atoms with Crippen LogP contribution in [0, 0.1) is 11.7 Å². The van der Waals surface area contributed by atoms with E-state index < -0.39 is 20.7 Å². The zero-order chi connectivity index (χ0) is 17.0. The van der Waals surface area contributed by atoms with E-state index in [1.807, 2.05) is 0 Å². The Morgan fingerprint density at radius 1 is 1.22 bits per heavy atom. The fourth-order valence-electron chi connectivity index (χ4n) is 2.95. The van der Waals surface area contributed by atoms with Crippen LogP contribution in [0.2, 0.25) is 0 Å². The summed E-state index contributed by atoms with van der Waals surface area (Å²) in [5.74, 6) is -0.508. The Hall–Kier alpha value is -1.38. The predicted molar refractivity (Wildman–Crippen MR) is 84.6 cm³/mol. The summed E-state index contributed by atoms with van der Waals surface area (Å²) >= 11 is 0. The number of sulfonamides is 1. The molecule has 0 saturated heterocycles. The molecule has 0 spiro atoms. The zero-order valence-corrected chi connectivity index (χ0v) is 14.2. The van der Waals surface area contributed by atoms with E-state index in [9.17, 15) is 12.8 Å². The fraction of sp³-hybridized carbons (Fsp3) is 0.600. The highest BCUT2D eigenvalue weighted by Crippen LogP contribution is 2.32. The van der Waals surface area contributed by atoms with E-state index in [2.05, 4.69) is 4.72 Å². The maximum absolute atomic E-state index is 14.2. The third-order valence-corrected chi connectivity index (χ3v) is 5.75. The molecule has 0 bridgehead atoms. The minimum atomic E-state index is -4.01. The van der Waals surface area contributed by atoms with Gasteiger partial charge in [-0.1, -0.05) is 12.8 Å². The Balaban J connectivity index is 2.32. The van der Waals surface area contributed by atoms with Gasteiger partial charge >= 0.3 is 0 Å². The van der Waals surface area contributed by atoms with Gasteiger partial charge in [-0.3, -0.25) is 0 Å². The van der Waals surface area contributed by atoms with Gasteiger partial charge in [-0.05, 0) is 25.3 Å². The highest BCUT2D eigenvalue weighted by Gasteiger charge is 2.30. The molecular weight excluding hydrogens is 323 g/mol. The van der Waals surface area contributed by atoms with Crippen molar-refractivity contribution in [3.63, 3.8) is 0 Å². The van der Waals surface area contributed by atoms with Crippen molar-refractivity contribution < 1.29 is 22.3 Å². The van der Waals surface area contributed by atoms with Gasteiger partial charge in [0.15, 0.2) is 11.5 Å². The van der Waals surface area contributed by atoms with E-state index in [4.69, 9.17) is 15.2 Å². The summed E-state index contributed by atoms with van der Waals surface area (Å²) < 4.78 is 52.0. The molecule has 3 N–H and O–H groups in total. The summed E-state index contributed by atoms with van der Waals surface area (Å²) in [5.41, 5.74) is 5.72. The number of hydrogen-bond donors (Lipinski definition) is 2. The zero-order valence-electron chi connectivity index (χ0n) is 13.3. The van der Waals surface area contributed by atoms with Crippen LogP contribution in [-0.4, -0.2) is 35.2 Å². The van der Waals surface area contributed by atoms with Crippen molar-refractivity contribution in [2.24, 2.45) is 11.7 Å². The summed E-state index contributed by atoms with van der Waals surface area (Å²) in [5, 5.41) is 0. The number of methoxy groups -OCH3 is 2. The molecule has 0 aliphatic heterocycles. The molecule has 1 aromatic rings. The molecule has 23 heavy (non-hydrogen) atoms. The van der Waals surface area contributed by atoms with Crippen LogP contribution in [0.5, 0.6) is 11.5 Å². The summed E-state index contributed by atoms with van der Waals surface area (Å²) in [7, 11) is -1.28. The minimum absolute atomic E-state index is 0.0710. The monoisotopic (exact) mass is 346 g/mol. The quantitative estimate of drug-likeness (QED) is 0.817. The van der Waals surface area contributed by atoms with Gasteiger partial charge in [-0.2, -0.15) is 0 Å². The van der Waals surface area contributed by atoms with Crippen LogP contribution in [0.15, 0.2) is 17.0 Å². The van der Waals surface area contributed by atoms with Gasteiger partial charge in [0, 0.05) is 18.2 Å². The molecular formula is C15H23FN2O4S. The van der Waals surface area contributed by atoms with Gasteiger partial charge in [-0.15, -0.1) is 0 Å². The van der Waals surface area contributed by atoms with E-state index in [0.29, 0.717) is 13.0 Å². The molecule has 1 aliphatic rings. The van der Waals surface area contributed by atoms with Crippen LogP contribution in [0.25, 0.3) is 0 Å². The Morgan fingerprint density at radius 2 is 1.83 bits per heavy atom. The predicted octanol–water partition coefficient (Wildman–Crippen LogP) is 1.64. The molecule has 0 unspecified atom stereocenters. The fourth-order valence-corrected chi connectivity index (χ4v) is 4.36. The number of halogens is 1. The third-order valence-electron chi connectivity index (χ3n) is 4.25. The average Bonchev–Trinajstić information content (AvgIpc) is 2.54. The largest absolute Gasteiger partial charge is 0.493 e. The first-order valence-corrected chi connectivity index (χ1v) is 9.05. The molecule has 1 fully saturated rings. The Labute approximate surface area is 136 Å². The van der Waals surface area contributed by atoms with Crippen LogP contribution < -0.4 is 19.9 Å². The van der Waals surface area contributed by atoms with Crippen LogP contribution >= 0.6 is 0 Å². The topological polar surface area (TPSA) is 90.7 Å². The van der Waals surface area contributed by atoms with E-state index in [0.717, 1.165) is 31.4 Å². The second kappa shape index (κ2) is 7.46. The van der Waals surface area contributed by atoms with E-state index in [1.54, 1.807) is 0 Å². The number of hydrogen-bond acceptors (Lipinski definition) is 5. The second-order valence-corrected chi connectivity index (χ2v) is 7.33. The van der Waals surface area contributed by atoms with Crippen LogP contribution in [0.4, 0.5) is 4.39 Å². The van der Waals surface area contributed by atoms with Gasteiger partial charge in [0.1, 0.15) is 10.7 Å². The molecule has 2 rings (SSSR count). The van der Waals surface area contributed by atoms with Crippen LogP contribution in [-0.2, 0) is 10.0 Å². The lowest BCUT2D eigenvalue weighted by Crippen LogP contribution is -2.44. The number of rotatable bonds is 6. The number of benzene rings is 1. The Kier molecular flexibility index (Phi) is 5.83. The number of ether oxygens (including phenoxy) is 2. The van der Waals surface area contributed by atoms with Gasteiger partial charge in [0.25, 0.3) is 0 Å². The van der Waals surface area contributed by atoms with Gasteiger partial charge in [-0.25, -0.2) is 17.5 Å². The van der Waals surface area contributed by atoms with E-state index in [1.165, 1.54) is 14.2 Å². The molecule has 8 heteroatoms. The lowest BCUT2D eigenvalue weighted by atomic mass is 9.85. The van der Waals surface area contributed by atoms with Crippen molar-refractivity contribution in [2.45, 2.75) is 36.6 Å². The van der Waals surface area contributed by atoms with Gasteiger partial charge in [0.05, 0.1) is 14.2 Å². The molecule has 1 saturated carbocycles. The molecule has 1 aliphatic carbocycles. The molecule has 0 heterocycles. The summed E-state index contributed by atoms with van der Waals surface area (Å²) in [6.45, 7) is 0.404. The van der Waals surface area contributed by atoms with Crippen molar-refractivity contribution in [3.05, 3.63) is 17.9 Å². The first kappa shape index (κ1) is 18.0. The molecule has 0 amide bonds. The Bertz CT molecular complexity index is 651. The highest BCUT2D eigenvalue weighted by molar-refractivity contribution is 7.89. The highest BCUT2D eigenvalue weighted by atomic mass is 32.2. The normalized spacial score (nSPS) is 21.9. The van der Waals surface area contributed by atoms with Crippen molar-refractivity contribution >= 4 is 10.0 Å².